The molecule has 0 amide bonds. The molecule has 17 heavy (non-hydrogen) atoms. The van der Waals surface area contributed by atoms with Gasteiger partial charge in [-0.05, 0) is 24.6 Å². The van der Waals surface area contributed by atoms with Crippen LogP contribution in [0.4, 0.5) is 10.1 Å². The van der Waals surface area contributed by atoms with Crippen LogP contribution in [-0.2, 0) is 0 Å². The standard InChI is InChI=1S/C12H14FN3.ClH/c1-9(10-3-5-11(13)6-4-10)16-8-12(14-2)7-15-16;/h3-9,14H,1-2H3;1H. The van der Waals surface area contributed by atoms with Crippen molar-refractivity contribution in [2.75, 3.05) is 12.4 Å². The van der Waals surface area contributed by atoms with Gasteiger partial charge in [0.15, 0.2) is 0 Å². The molecule has 0 aliphatic rings. The van der Waals surface area contributed by atoms with Gasteiger partial charge in [0, 0.05) is 13.2 Å². The third kappa shape index (κ3) is 2.97. The maximum absolute atomic E-state index is 12.8. The van der Waals surface area contributed by atoms with Gasteiger partial charge in [0.25, 0.3) is 0 Å². The molecule has 0 saturated carbocycles. The Morgan fingerprint density at radius 2 is 1.94 bits per heavy atom. The zero-order valence-electron chi connectivity index (χ0n) is 9.72. The van der Waals surface area contributed by atoms with Gasteiger partial charge in [-0.15, -0.1) is 12.4 Å². The highest BCUT2D eigenvalue weighted by atomic mass is 35.5. The Kier molecular flexibility index (Phi) is 4.52. The van der Waals surface area contributed by atoms with Crippen molar-refractivity contribution < 1.29 is 4.39 Å². The van der Waals surface area contributed by atoms with Crippen LogP contribution < -0.4 is 5.32 Å². The van der Waals surface area contributed by atoms with Crippen LogP contribution in [-0.4, -0.2) is 16.8 Å². The minimum atomic E-state index is -0.215. The predicted molar refractivity (Wildman–Crippen MR) is 69.2 cm³/mol. The molecule has 2 rings (SSSR count). The van der Waals surface area contributed by atoms with Gasteiger partial charge in [-0.3, -0.25) is 4.68 Å². The van der Waals surface area contributed by atoms with Crippen LogP contribution in [0.2, 0.25) is 0 Å². The van der Waals surface area contributed by atoms with E-state index in [2.05, 4.69) is 10.4 Å². The lowest BCUT2D eigenvalue weighted by Crippen LogP contribution is -2.07. The highest BCUT2D eigenvalue weighted by Crippen LogP contribution is 2.18. The van der Waals surface area contributed by atoms with E-state index in [-0.39, 0.29) is 24.3 Å². The molecule has 1 aromatic heterocycles. The van der Waals surface area contributed by atoms with Crippen LogP contribution in [0.5, 0.6) is 0 Å². The monoisotopic (exact) mass is 255 g/mol. The molecule has 3 nitrogen and oxygen atoms in total. The van der Waals surface area contributed by atoms with E-state index in [0.29, 0.717) is 0 Å². The minimum absolute atomic E-state index is 0. The number of aromatic nitrogens is 2. The number of benzene rings is 1. The second kappa shape index (κ2) is 5.68. The molecule has 0 saturated heterocycles. The van der Waals surface area contributed by atoms with Crippen molar-refractivity contribution in [2.24, 2.45) is 0 Å². The molecule has 0 fully saturated rings. The summed E-state index contributed by atoms with van der Waals surface area (Å²) in [6, 6.07) is 6.59. The lowest BCUT2D eigenvalue weighted by molar-refractivity contribution is 0.561. The first-order chi connectivity index (χ1) is 7.70. The summed E-state index contributed by atoms with van der Waals surface area (Å²) < 4.78 is 14.6. The van der Waals surface area contributed by atoms with Gasteiger partial charge < -0.3 is 5.32 Å². The van der Waals surface area contributed by atoms with E-state index in [9.17, 15) is 4.39 Å². The van der Waals surface area contributed by atoms with Crippen LogP contribution in [0.1, 0.15) is 18.5 Å². The number of halogens is 2. The molecule has 92 valence electrons. The van der Waals surface area contributed by atoms with Gasteiger partial charge >= 0.3 is 0 Å². The zero-order valence-corrected chi connectivity index (χ0v) is 10.5. The summed E-state index contributed by atoms with van der Waals surface area (Å²) in [6.45, 7) is 2.03. The van der Waals surface area contributed by atoms with Gasteiger partial charge in [-0.1, -0.05) is 12.1 Å². The van der Waals surface area contributed by atoms with E-state index in [1.165, 1.54) is 12.1 Å². The predicted octanol–water partition coefficient (Wildman–Crippen LogP) is 3.10. The lowest BCUT2D eigenvalue weighted by atomic mass is 10.1. The molecule has 0 bridgehead atoms. The Bertz CT molecular complexity index is 467. The van der Waals surface area contributed by atoms with Crippen molar-refractivity contribution in [2.45, 2.75) is 13.0 Å². The van der Waals surface area contributed by atoms with Crippen molar-refractivity contribution in [3.05, 3.63) is 48.0 Å². The van der Waals surface area contributed by atoms with Crippen molar-refractivity contribution >= 4 is 18.1 Å². The van der Waals surface area contributed by atoms with Gasteiger partial charge in [0.1, 0.15) is 5.82 Å². The fourth-order valence-electron chi connectivity index (χ4n) is 1.57. The largest absolute Gasteiger partial charge is 0.386 e. The Hall–Kier alpha value is -1.55. The smallest absolute Gasteiger partial charge is 0.123 e. The SMILES string of the molecule is CNc1cnn(C(C)c2ccc(F)cc2)c1.Cl. The number of hydrogen-bond acceptors (Lipinski definition) is 2. The molecular weight excluding hydrogens is 241 g/mol. The molecule has 5 heteroatoms. The molecular formula is C12H15ClFN3. The molecule has 2 aromatic rings. The summed E-state index contributed by atoms with van der Waals surface area (Å²) in [4.78, 5) is 0. The maximum Gasteiger partial charge on any atom is 0.123 e. The molecule has 0 aliphatic heterocycles. The molecule has 1 N–H and O–H groups in total. The number of hydrogen-bond donors (Lipinski definition) is 1. The van der Waals surface area contributed by atoms with Crippen LogP contribution in [0.3, 0.4) is 0 Å². The summed E-state index contributed by atoms with van der Waals surface area (Å²) in [6.07, 6.45) is 3.69. The van der Waals surface area contributed by atoms with Crippen molar-refractivity contribution in [1.82, 2.24) is 9.78 Å². The second-order valence-corrected chi connectivity index (χ2v) is 3.69. The van der Waals surface area contributed by atoms with Crippen molar-refractivity contribution in [3.63, 3.8) is 0 Å². The third-order valence-corrected chi connectivity index (χ3v) is 2.64. The quantitative estimate of drug-likeness (QED) is 0.913. The van der Waals surface area contributed by atoms with E-state index in [0.717, 1.165) is 11.3 Å². The van der Waals surface area contributed by atoms with E-state index >= 15 is 0 Å². The van der Waals surface area contributed by atoms with Crippen LogP contribution in [0.15, 0.2) is 36.7 Å². The first-order valence-corrected chi connectivity index (χ1v) is 5.18. The fraction of sp³-hybridized carbons (Fsp3) is 0.250. The molecule has 1 heterocycles. The Labute approximate surface area is 106 Å². The van der Waals surface area contributed by atoms with Gasteiger partial charge in [-0.25, -0.2) is 4.39 Å². The van der Waals surface area contributed by atoms with Crippen molar-refractivity contribution in [1.29, 1.82) is 0 Å². The second-order valence-electron chi connectivity index (χ2n) is 3.69. The average molecular weight is 256 g/mol. The average Bonchev–Trinajstić information content (AvgIpc) is 2.77. The van der Waals surface area contributed by atoms with Crippen LogP contribution >= 0.6 is 12.4 Å². The number of anilines is 1. The van der Waals surface area contributed by atoms with Crippen LogP contribution in [0, 0.1) is 5.82 Å². The summed E-state index contributed by atoms with van der Waals surface area (Å²) in [5.74, 6) is -0.215. The fourth-order valence-corrected chi connectivity index (χ4v) is 1.57. The van der Waals surface area contributed by atoms with E-state index in [1.54, 1.807) is 18.3 Å². The normalized spacial score (nSPS) is 11.7. The molecule has 0 spiro atoms. The van der Waals surface area contributed by atoms with Gasteiger partial charge in [0.05, 0.1) is 17.9 Å². The molecule has 1 unspecified atom stereocenters. The molecule has 1 atom stereocenters. The van der Waals surface area contributed by atoms with E-state index in [4.69, 9.17) is 0 Å². The molecule has 0 radical (unpaired) electrons. The first kappa shape index (κ1) is 13.5. The van der Waals surface area contributed by atoms with E-state index in [1.807, 2.05) is 24.9 Å². The Morgan fingerprint density at radius 3 is 2.47 bits per heavy atom. The van der Waals surface area contributed by atoms with Crippen LogP contribution in [0.25, 0.3) is 0 Å². The minimum Gasteiger partial charge on any atom is -0.386 e. The maximum atomic E-state index is 12.8. The topological polar surface area (TPSA) is 29.9 Å². The highest BCUT2D eigenvalue weighted by molar-refractivity contribution is 5.85. The number of nitrogens with one attached hydrogen (secondary N) is 1. The van der Waals surface area contributed by atoms with Crippen molar-refractivity contribution in [3.8, 4) is 0 Å². The third-order valence-electron chi connectivity index (χ3n) is 2.64. The summed E-state index contributed by atoms with van der Waals surface area (Å²) in [5.41, 5.74) is 2.00. The Morgan fingerprint density at radius 1 is 1.29 bits per heavy atom. The zero-order chi connectivity index (χ0) is 11.5. The summed E-state index contributed by atoms with van der Waals surface area (Å²) in [5, 5.41) is 7.27. The number of rotatable bonds is 3. The van der Waals surface area contributed by atoms with Gasteiger partial charge in [0.2, 0.25) is 0 Å². The highest BCUT2D eigenvalue weighted by Gasteiger charge is 2.08. The van der Waals surface area contributed by atoms with Gasteiger partial charge in [-0.2, -0.15) is 5.10 Å². The number of nitrogens with zero attached hydrogens (tertiary/aromatic N) is 2. The molecule has 1 aromatic carbocycles. The summed E-state index contributed by atoms with van der Waals surface area (Å²) >= 11 is 0. The Balaban J connectivity index is 0.00000144. The lowest BCUT2D eigenvalue weighted by Gasteiger charge is -2.12. The summed E-state index contributed by atoms with van der Waals surface area (Å²) in [7, 11) is 1.85. The molecule has 0 aliphatic carbocycles. The van der Waals surface area contributed by atoms with E-state index < -0.39 is 0 Å². The first-order valence-electron chi connectivity index (χ1n) is 5.18.